The van der Waals surface area contributed by atoms with Gasteiger partial charge < -0.3 is 15.1 Å². The predicted molar refractivity (Wildman–Crippen MR) is 94.2 cm³/mol. The highest BCUT2D eigenvalue weighted by Gasteiger charge is 2.16. The lowest BCUT2D eigenvalue weighted by molar-refractivity contribution is -0.116. The van der Waals surface area contributed by atoms with Crippen molar-refractivity contribution >= 4 is 17.3 Å². The van der Waals surface area contributed by atoms with E-state index in [0.29, 0.717) is 0 Å². The van der Waals surface area contributed by atoms with E-state index in [4.69, 9.17) is 0 Å². The van der Waals surface area contributed by atoms with Crippen LogP contribution in [0.2, 0.25) is 0 Å². The van der Waals surface area contributed by atoms with E-state index in [9.17, 15) is 4.79 Å². The van der Waals surface area contributed by atoms with Gasteiger partial charge in [-0.2, -0.15) is 5.10 Å². The third-order valence-corrected chi connectivity index (χ3v) is 4.44. The normalized spacial score (nSPS) is 15.5. The number of rotatable bonds is 5. The van der Waals surface area contributed by atoms with Crippen molar-refractivity contribution in [2.45, 2.75) is 20.4 Å². The topological polar surface area (TPSA) is 66.3 Å². The maximum atomic E-state index is 12.1. The molecule has 0 aliphatic carbocycles. The number of likely N-dealkylation sites (N-methyl/N-ethyl adjacent to an activating group) is 1. The van der Waals surface area contributed by atoms with Gasteiger partial charge in [0.1, 0.15) is 19.2 Å². The van der Waals surface area contributed by atoms with Crippen LogP contribution in [-0.2, 0) is 11.3 Å². The number of anilines is 2. The van der Waals surface area contributed by atoms with E-state index in [2.05, 4.69) is 44.3 Å². The summed E-state index contributed by atoms with van der Waals surface area (Å²) in [6.07, 6.45) is 2.96. The van der Waals surface area contributed by atoms with Gasteiger partial charge in [0, 0.05) is 37.6 Å². The third-order valence-electron chi connectivity index (χ3n) is 4.44. The molecular weight excluding hydrogens is 304 g/mol. The minimum atomic E-state index is -0.104. The SMILES string of the molecule is CCN1CCN(c2ccc(NC(=O)Cn3cncn3)c(C)c2)CC1. The van der Waals surface area contributed by atoms with Crippen molar-refractivity contribution in [3.05, 3.63) is 36.4 Å². The molecule has 1 aromatic carbocycles. The number of aryl methyl sites for hydroxylation is 1. The number of piperazine rings is 1. The highest BCUT2D eigenvalue weighted by atomic mass is 16.2. The summed E-state index contributed by atoms with van der Waals surface area (Å²) >= 11 is 0. The minimum Gasteiger partial charge on any atom is -0.369 e. The molecule has 24 heavy (non-hydrogen) atoms. The number of aromatic nitrogens is 3. The highest BCUT2D eigenvalue weighted by molar-refractivity contribution is 5.91. The molecule has 1 aliphatic rings. The summed E-state index contributed by atoms with van der Waals surface area (Å²) in [4.78, 5) is 20.8. The van der Waals surface area contributed by atoms with Crippen molar-refractivity contribution < 1.29 is 4.79 Å². The molecule has 1 fully saturated rings. The maximum Gasteiger partial charge on any atom is 0.246 e. The second-order valence-electron chi connectivity index (χ2n) is 6.06. The van der Waals surface area contributed by atoms with Crippen LogP contribution in [0.25, 0.3) is 0 Å². The first-order valence-electron chi connectivity index (χ1n) is 8.36. The molecule has 0 saturated carbocycles. The highest BCUT2D eigenvalue weighted by Crippen LogP contribution is 2.23. The number of carbonyl (C=O) groups is 1. The van der Waals surface area contributed by atoms with Gasteiger partial charge in [0.05, 0.1) is 0 Å². The van der Waals surface area contributed by atoms with Gasteiger partial charge in [0.25, 0.3) is 0 Å². The zero-order valence-corrected chi connectivity index (χ0v) is 14.3. The number of carbonyl (C=O) groups excluding carboxylic acids is 1. The molecule has 1 N–H and O–H groups in total. The van der Waals surface area contributed by atoms with Gasteiger partial charge in [-0.3, -0.25) is 4.79 Å². The molecule has 0 radical (unpaired) electrons. The quantitative estimate of drug-likeness (QED) is 0.898. The predicted octanol–water partition coefficient (Wildman–Crippen LogP) is 1.37. The Bertz CT molecular complexity index is 676. The Morgan fingerprint density at radius 2 is 2.04 bits per heavy atom. The molecule has 2 aromatic rings. The van der Waals surface area contributed by atoms with Crippen LogP contribution in [0.3, 0.4) is 0 Å². The van der Waals surface area contributed by atoms with Gasteiger partial charge >= 0.3 is 0 Å². The first-order valence-corrected chi connectivity index (χ1v) is 8.36. The van der Waals surface area contributed by atoms with Crippen molar-refractivity contribution in [1.82, 2.24) is 19.7 Å². The van der Waals surface area contributed by atoms with Gasteiger partial charge in [-0.25, -0.2) is 9.67 Å². The number of benzene rings is 1. The molecule has 128 valence electrons. The van der Waals surface area contributed by atoms with Crippen molar-refractivity contribution in [1.29, 1.82) is 0 Å². The molecule has 1 aromatic heterocycles. The zero-order chi connectivity index (χ0) is 16.9. The number of nitrogens with one attached hydrogen (secondary N) is 1. The summed E-state index contributed by atoms with van der Waals surface area (Å²) in [5, 5.41) is 6.88. The Morgan fingerprint density at radius 1 is 1.25 bits per heavy atom. The summed E-state index contributed by atoms with van der Waals surface area (Å²) in [6.45, 7) is 9.81. The average Bonchev–Trinajstić information content (AvgIpc) is 3.09. The largest absolute Gasteiger partial charge is 0.369 e. The van der Waals surface area contributed by atoms with Crippen LogP contribution in [0.15, 0.2) is 30.9 Å². The molecule has 2 heterocycles. The number of hydrogen-bond donors (Lipinski definition) is 1. The lowest BCUT2D eigenvalue weighted by Gasteiger charge is -2.35. The van der Waals surface area contributed by atoms with Crippen LogP contribution >= 0.6 is 0 Å². The smallest absolute Gasteiger partial charge is 0.246 e. The first-order chi connectivity index (χ1) is 11.7. The number of amides is 1. The molecule has 0 unspecified atom stereocenters. The molecular formula is C17H24N6O. The Morgan fingerprint density at radius 3 is 2.67 bits per heavy atom. The van der Waals surface area contributed by atoms with Gasteiger partial charge in [-0.1, -0.05) is 6.92 Å². The Labute approximate surface area is 142 Å². The van der Waals surface area contributed by atoms with Crippen LogP contribution < -0.4 is 10.2 Å². The van der Waals surface area contributed by atoms with E-state index in [1.807, 2.05) is 13.0 Å². The van der Waals surface area contributed by atoms with E-state index in [1.54, 1.807) is 0 Å². The van der Waals surface area contributed by atoms with Crippen molar-refractivity contribution in [3.8, 4) is 0 Å². The zero-order valence-electron chi connectivity index (χ0n) is 14.3. The third kappa shape index (κ3) is 3.91. The molecule has 0 spiro atoms. The first kappa shape index (κ1) is 16.4. The summed E-state index contributed by atoms with van der Waals surface area (Å²) in [6, 6.07) is 6.21. The Hall–Kier alpha value is -2.41. The average molecular weight is 328 g/mol. The van der Waals surface area contributed by atoms with Crippen LogP contribution in [0, 0.1) is 6.92 Å². The lowest BCUT2D eigenvalue weighted by Crippen LogP contribution is -2.46. The van der Waals surface area contributed by atoms with E-state index < -0.39 is 0 Å². The van der Waals surface area contributed by atoms with E-state index in [1.165, 1.54) is 23.0 Å². The van der Waals surface area contributed by atoms with Crippen LogP contribution in [-0.4, -0.2) is 58.3 Å². The number of nitrogens with zero attached hydrogens (tertiary/aromatic N) is 5. The molecule has 0 bridgehead atoms. The van der Waals surface area contributed by atoms with E-state index in [-0.39, 0.29) is 12.5 Å². The fourth-order valence-electron chi connectivity index (χ4n) is 2.96. The molecule has 1 amide bonds. The van der Waals surface area contributed by atoms with Crippen molar-refractivity contribution in [2.24, 2.45) is 0 Å². The Kier molecular flexibility index (Phi) is 5.10. The second kappa shape index (κ2) is 7.44. The molecule has 7 heteroatoms. The van der Waals surface area contributed by atoms with Gasteiger partial charge in [-0.15, -0.1) is 0 Å². The monoisotopic (exact) mass is 328 g/mol. The summed E-state index contributed by atoms with van der Waals surface area (Å²) in [5.74, 6) is -0.104. The summed E-state index contributed by atoms with van der Waals surface area (Å²) in [7, 11) is 0. The van der Waals surface area contributed by atoms with Crippen LogP contribution in [0.1, 0.15) is 12.5 Å². The van der Waals surface area contributed by atoms with Crippen LogP contribution in [0.4, 0.5) is 11.4 Å². The number of hydrogen-bond acceptors (Lipinski definition) is 5. The fraction of sp³-hybridized carbons (Fsp3) is 0.471. The Balaban J connectivity index is 1.61. The molecule has 7 nitrogen and oxygen atoms in total. The molecule has 0 atom stereocenters. The van der Waals surface area contributed by atoms with Gasteiger partial charge in [0.15, 0.2) is 0 Å². The van der Waals surface area contributed by atoms with E-state index in [0.717, 1.165) is 44.0 Å². The molecule has 1 aliphatic heterocycles. The van der Waals surface area contributed by atoms with E-state index >= 15 is 0 Å². The lowest BCUT2D eigenvalue weighted by atomic mass is 10.1. The standard InChI is InChI=1S/C17H24N6O/c1-3-21-6-8-22(9-7-21)15-4-5-16(14(2)10-15)20-17(24)11-23-13-18-12-19-23/h4-5,10,12-13H,3,6-9,11H2,1-2H3,(H,20,24). The summed E-state index contributed by atoms with van der Waals surface area (Å²) < 4.78 is 1.51. The van der Waals surface area contributed by atoms with Crippen LogP contribution in [0.5, 0.6) is 0 Å². The molecule has 1 saturated heterocycles. The van der Waals surface area contributed by atoms with Gasteiger partial charge in [-0.05, 0) is 37.2 Å². The van der Waals surface area contributed by atoms with Crippen molar-refractivity contribution in [3.63, 3.8) is 0 Å². The fourth-order valence-corrected chi connectivity index (χ4v) is 2.96. The molecule has 3 rings (SSSR count). The minimum absolute atomic E-state index is 0.104. The van der Waals surface area contributed by atoms with Gasteiger partial charge in [0.2, 0.25) is 5.91 Å². The summed E-state index contributed by atoms with van der Waals surface area (Å²) in [5.41, 5.74) is 3.13. The second-order valence-corrected chi connectivity index (χ2v) is 6.06. The van der Waals surface area contributed by atoms with Crippen molar-refractivity contribution in [2.75, 3.05) is 42.9 Å². The maximum absolute atomic E-state index is 12.1.